The Balaban J connectivity index is 2.14. The average molecular weight is 116 g/mol. The second kappa shape index (κ2) is 2.58. The van der Waals surface area contributed by atoms with Gasteiger partial charge in [0.2, 0.25) is 0 Å². The van der Waals surface area contributed by atoms with E-state index in [2.05, 4.69) is 5.32 Å². The fourth-order valence-corrected chi connectivity index (χ4v) is 1.92. The minimum absolute atomic E-state index is 0.685. The highest BCUT2D eigenvalue weighted by molar-refractivity contribution is 7.99. The van der Waals surface area contributed by atoms with Gasteiger partial charge in [-0.15, -0.1) is 6.04 Å². The maximum Gasteiger partial charge on any atom is -0.00816 e. The van der Waals surface area contributed by atoms with E-state index in [1.807, 2.05) is 18.8 Å². The molecule has 42 valence electrons. The van der Waals surface area contributed by atoms with Crippen LogP contribution < -0.4 is 0 Å². The van der Waals surface area contributed by atoms with Gasteiger partial charge in [-0.25, -0.2) is 0 Å². The standard InChI is InChI=1S/C5H10NS/c1-6-5-2-3-7-4-5/h5H,2-4H2,1H3/q-1. The molecule has 7 heavy (non-hydrogen) atoms. The van der Waals surface area contributed by atoms with Crippen molar-refractivity contribution in [3.63, 3.8) is 0 Å². The maximum absolute atomic E-state index is 4.17. The van der Waals surface area contributed by atoms with Crippen molar-refractivity contribution in [1.29, 1.82) is 0 Å². The minimum Gasteiger partial charge on any atom is -0.662 e. The summed E-state index contributed by atoms with van der Waals surface area (Å²) in [6.07, 6.45) is 1.31. The lowest BCUT2D eigenvalue weighted by Gasteiger charge is -2.19. The summed E-state index contributed by atoms with van der Waals surface area (Å²) < 4.78 is 0. The van der Waals surface area contributed by atoms with Crippen molar-refractivity contribution in [3.05, 3.63) is 5.32 Å². The molecular formula is C5H10NS-. The summed E-state index contributed by atoms with van der Waals surface area (Å²) in [6.45, 7) is 0. The molecule has 0 N–H and O–H groups in total. The summed E-state index contributed by atoms with van der Waals surface area (Å²) in [6, 6.07) is 0.685. The van der Waals surface area contributed by atoms with E-state index in [4.69, 9.17) is 0 Å². The summed E-state index contributed by atoms with van der Waals surface area (Å²) in [5.41, 5.74) is 0. The minimum atomic E-state index is 0.685. The van der Waals surface area contributed by atoms with E-state index < -0.39 is 0 Å². The van der Waals surface area contributed by atoms with Crippen LogP contribution in [-0.2, 0) is 0 Å². The Hall–Kier alpha value is 0.310. The zero-order valence-corrected chi connectivity index (χ0v) is 5.37. The summed E-state index contributed by atoms with van der Waals surface area (Å²) in [7, 11) is 1.91. The van der Waals surface area contributed by atoms with Crippen molar-refractivity contribution in [2.24, 2.45) is 0 Å². The highest BCUT2D eigenvalue weighted by Crippen LogP contribution is 2.21. The third kappa shape index (κ3) is 1.35. The van der Waals surface area contributed by atoms with Crippen LogP contribution in [0.25, 0.3) is 5.32 Å². The quantitative estimate of drug-likeness (QED) is 0.506. The van der Waals surface area contributed by atoms with E-state index in [0.29, 0.717) is 6.04 Å². The van der Waals surface area contributed by atoms with E-state index in [9.17, 15) is 0 Å². The van der Waals surface area contributed by atoms with Crippen LogP contribution in [0.15, 0.2) is 0 Å². The summed E-state index contributed by atoms with van der Waals surface area (Å²) in [5.74, 6) is 2.58. The molecule has 0 aromatic rings. The van der Waals surface area contributed by atoms with E-state index in [0.717, 1.165) is 0 Å². The molecule has 1 fully saturated rings. The third-order valence-corrected chi connectivity index (χ3v) is 2.42. The van der Waals surface area contributed by atoms with Crippen molar-refractivity contribution < 1.29 is 0 Å². The first-order valence-electron chi connectivity index (χ1n) is 2.60. The Kier molecular flexibility index (Phi) is 2.00. The van der Waals surface area contributed by atoms with Crippen molar-refractivity contribution in [1.82, 2.24) is 0 Å². The van der Waals surface area contributed by atoms with Crippen LogP contribution in [0.3, 0.4) is 0 Å². The van der Waals surface area contributed by atoms with Crippen molar-refractivity contribution in [2.75, 3.05) is 18.6 Å². The molecule has 1 aliphatic rings. The number of hydrogen-bond acceptors (Lipinski definition) is 1. The summed E-state index contributed by atoms with van der Waals surface area (Å²) >= 11 is 2.01. The molecule has 1 nitrogen and oxygen atoms in total. The number of nitrogens with zero attached hydrogens (tertiary/aromatic N) is 1. The molecule has 0 saturated carbocycles. The van der Waals surface area contributed by atoms with Crippen molar-refractivity contribution in [2.45, 2.75) is 12.5 Å². The van der Waals surface area contributed by atoms with Gasteiger partial charge in [-0.1, -0.05) is 6.42 Å². The molecule has 1 rings (SSSR count). The van der Waals surface area contributed by atoms with Gasteiger partial charge in [-0.2, -0.15) is 18.8 Å². The van der Waals surface area contributed by atoms with Crippen LogP contribution in [0.2, 0.25) is 0 Å². The molecule has 1 unspecified atom stereocenters. The van der Waals surface area contributed by atoms with Crippen LogP contribution in [-0.4, -0.2) is 24.6 Å². The predicted molar refractivity (Wildman–Crippen MR) is 35.0 cm³/mol. The van der Waals surface area contributed by atoms with Gasteiger partial charge in [0.05, 0.1) is 0 Å². The van der Waals surface area contributed by atoms with Crippen LogP contribution in [0.5, 0.6) is 0 Å². The van der Waals surface area contributed by atoms with Gasteiger partial charge in [0.1, 0.15) is 0 Å². The normalized spacial score (nSPS) is 31.3. The monoisotopic (exact) mass is 116 g/mol. The van der Waals surface area contributed by atoms with E-state index in [1.165, 1.54) is 17.9 Å². The number of hydrogen-bond donors (Lipinski definition) is 0. The summed E-state index contributed by atoms with van der Waals surface area (Å²) in [4.78, 5) is 0. The molecule has 2 heteroatoms. The zero-order chi connectivity index (χ0) is 5.11. The predicted octanol–water partition coefficient (Wildman–Crippen LogP) is 1.50. The lowest BCUT2D eigenvalue weighted by Crippen LogP contribution is -2.00. The van der Waals surface area contributed by atoms with Gasteiger partial charge in [-0.3, -0.25) is 0 Å². The topological polar surface area (TPSA) is 14.1 Å². The first-order chi connectivity index (χ1) is 3.43. The molecule has 0 aromatic heterocycles. The molecular weight excluding hydrogens is 106 g/mol. The molecule has 0 bridgehead atoms. The molecule has 0 radical (unpaired) electrons. The highest BCUT2D eigenvalue weighted by atomic mass is 32.2. The van der Waals surface area contributed by atoms with E-state index >= 15 is 0 Å². The zero-order valence-electron chi connectivity index (χ0n) is 4.55. The van der Waals surface area contributed by atoms with Crippen LogP contribution in [0.1, 0.15) is 6.42 Å². The van der Waals surface area contributed by atoms with E-state index in [1.54, 1.807) is 0 Å². The van der Waals surface area contributed by atoms with Gasteiger partial charge in [0, 0.05) is 0 Å². The van der Waals surface area contributed by atoms with Crippen LogP contribution in [0.4, 0.5) is 0 Å². The first-order valence-corrected chi connectivity index (χ1v) is 3.75. The van der Waals surface area contributed by atoms with Crippen LogP contribution >= 0.6 is 11.8 Å². The van der Waals surface area contributed by atoms with Gasteiger partial charge >= 0.3 is 0 Å². The number of rotatable bonds is 1. The Morgan fingerprint density at radius 2 is 2.57 bits per heavy atom. The summed E-state index contributed by atoms with van der Waals surface area (Å²) in [5, 5.41) is 4.17. The molecule has 1 atom stereocenters. The highest BCUT2D eigenvalue weighted by Gasteiger charge is 2.03. The maximum atomic E-state index is 4.17. The molecule has 0 spiro atoms. The Morgan fingerprint density at radius 1 is 1.71 bits per heavy atom. The lowest BCUT2D eigenvalue weighted by atomic mass is 10.3. The average Bonchev–Trinajstić information content (AvgIpc) is 2.14. The SMILES string of the molecule is C[N-]C1CCSC1. The molecule has 0 aromatic carbocycles. The number of thioether (sulfide) groups is 1. The van der Waals surface area contributed by atoms with Gasteiger partial charge in [0.25, 0.3) is 0 Å². The second-order valence-corrected chi connectivity index (χ2v) is 2.93. The first kappa shape index (κ1) is 5.45. The fraction of sp³-hybridized carbons (Fsp3) is 1.00. The van der Waals surface area contributed by atoms with E-state index in [-0.39, 0.29) is 0 Å². The molecule has 0 aliphatic carbocycles. The Labute approximate surface area is 48.9 Å². The molecule has 1 saturated heterocycles. The van der Waals surface area contributed by atoms with Gasteiger partial charge < -0.3 is 5.32 Å². The van der Waals surface area contributed by atoms with Crippen molar-refractivity contribution in [3.8, 4) is 0 Å². The van der Waals surface area contributed by atoms with Gasteiger partial charge in [0.15, 0.2) is 0 Å². The molecule has 0 amide bonds. The van der Waals surface area contributed by atoms with Gasteiger partial charge in [-0.05, 0) is 11.5 Å². The lowest BCUT2D eigenvalue weighted by molar-refractivity contribution is 0.837. The Morgan fingerprint density at radius 3 is 2.86 bits per heavy atom. The third-order valence-electron chi connectivity index (χ3n) is 1.27. The fourth-order valence-electron chi connectivity index (χ4n) is 0.726. The Bertz CT molecular complexity index is 50.0. The molecule has 1 heterocycles. The van der Waals surface area contributed by atoms with Crippen molar-refractivity contribution >= 4 is 11.8 Å². The van der Waals surface area contributed by atoms with Crippen LogP contribution in [0, 0.1) is 0 Å². The molecule has 1 aliphatic heterocycles. The largest absolute Gasteiger partial charge is 0.662 e. The second-order valence-electron chi connectivity index (χ2n) is 1.78. The smallest absolute Gasteiger partial charge is 0.00816 e.